The summed E-state index contributed by atoms with van der Waals surface area (Å²) in [4.78, 5) is 10.7. The number of anilines is 1. The van der Waals surface area contributed by atoms with Crippen molar-refractivity contribution in [2.24, 2.45) is 11.8 Å². The fourth-order valence-corrected chi connectivity index (χ4v) is 1.84. The molecule has 1 aromatic rings. The number of alkyl halides is 1. The first-order valence-corrected chi connectivity index (χ1v) is 5.82. The van der Waals surface area contributed by atoms with E-state index in [1.54, 1.807) is 12.4 Å². The van der Waals surface area contributed by atoms with E-state index in [9.17, 15) is 0 Å². The van der Waals surface area contributed by atoms with Gasteiger partial charge in [0.25, 0.3) is 0 Å². The van der Waals surface area contributed by atoms with E-state index in [-0.39, 0.29) is 0 Å². The molecule has 2 rings (SSSR count). The number of hydrogen-bond donors (Lipinski definition) is 0. The van der Waals surface area contributed by atoms with E-state index in [4.69, 9.17) is 11.6 Å². The van der Waals surface area contributed by atoms with Crippen molar-refractivity contribution in [3.05, 3.63) is 18.0 Å². The quantitative estimate of drug-likeness (QED) is 0.737. The third kappa shape index (κ3) is 2.59. The van der Waals surface area contributed by atoms with Gasteiger partial charge in [0.1, 0.15) is 0 Å². The van der Waals surface area contributed by atoms with Gasteiger partial charge in [-0.1, -0.05) is 6.92 Å². The maximum absolute atomic E-state index is 5.68. The highest BCUT2D eigenvalue weighted by Crippen LogP contribution is 2.38. The van der Waals surface area contributed by atoms with Crippen LogP contribution in [0.15, 0.2) is 12.4 Å². The minimum atomic E-state index is 0.476. The van der Waals surface area contributed by atoms with Gasteiger partial charge < -0.3 is 4.90 Å². The van der Waals surface area contributed by atoms with Gasteiger partial charge in [0.15, 0.2) is 0 Å². The summed E-state index contributed by atoms with van der Waals surface area (Å²) in [7, 11) is 2.04. The Bertz CT molecular complexity index is 325. The minimum absolute atomic E-state index is 0.476. The van der Waals surface area contributed by atoms with Crippen LogP contribution in [-0.2, 0) is 5.88 Å². The first kappa shape index (κ1) is 10.7. The summed E-state index contributed by atoms with van der Waals surface area (Å²) in [6, 6.07) is 0. The van der Waals surface area contributed by atoms with Crippen LogP contribution in [-0.4, -0.2) is 23.6 Å². The molecule has 1 aliphatic carbocycles. The van der Waals surface area contributed by atoms with Gasteiger partial charge in [0.05, 0.1) is 5.88 Å². The molecular weight excluding hydrogens is 210 g/mol. The van der Waals surface area contributed by atoms with Crippen LogP contribution in [0.25, 0.3) is 0 Å². The third-order valence-electron chi connectivity index (χ3n) is 2.97. The summed E-state index contributed by atoms with van der Waals surface area (Å²) in [5.74, 6) is 2.97. The highest BCUT2D eigenvalue weighted by atomic mass is 35.5. The van der Waals surface area contributed by atoms with E-state index in [1.807, 2.05) is 7.05 Å². The molecule has 0 spiro atoms. The molecule has 2 atom stereocenters. The SMILES string of the molecule is CC1CC1CN(C)c1ncc(CCl)cn1. The first-order chi connectivity index (χ1) is 7.20. The first-order valence-electron chi connectivity index (χ1n) is 5.28. The molecule has 1 saturated carbocycles. The molecule has 0 radical (unpaired) electrons. The molecule has 4 heteroatoms. The van der Waals surface area contributed by atoms with Crippen molar-refractivity contribution in [2.45, 2.75) is 19.2 Å². The Morgan fingerprint density at radius 2 is 2.07 bits per heavy atom. The predicted octanol–water partition coefficient (Wildman–Crippen LogP) is 2.31. The van der Waals surface area contributed by atoms with Gasteiger partial charge >= 0.3 is 0 Å². The Hall–Kier alpha value is -0.830. The topological polar surface area (TPSA) is 29.0 Å². The number of hydrogen-bond acceptors (Lipinski definition) is 3. The van der Waals surface area contributed by atoms with Gasteiger partial charge in [-0.05, 0) is 18.3 Å². The van der Waals surface area contributed by atoms with Crippen LogP contribution in [0.3, 0.4) is 0 Å². The lowest BCUT2D eigenvalue weighted by Gasteiger charge is -2.16. The van der Waals surface area contributed by atoms with Crippen LogP contribution in [0.5, 0.6) is 0 Å². The van der Waals surface area contributed by atoms with Crippen molar-refractivity contribution in [2.75, 3.05) is 18.5 Å². The molecule has 0 N–H and O–H groups in total. The second kappa shape index (κ2) is 4.35. The van der Waals surface area contributed by atoms with Gasteiger partial charge in [-0.15, -0.1) is 11.6 Å². The van der Waals surface area contributed by atoms with Crippen molar-refractivity contribution in [1.29, 1.82) is 0 Å². The van der Waals surface area contributed by atoms with Crippen molar-refractivity contribution >= 4 is 17.5 Å². The zero-order valence-corrected chi connectivity index (χ0v) is 9.91. The zero-order valence-electron chi connectivity index (χ0n) is 9.15. The Kier molecular flexibility index (Phi) is 3.10. The molecule has 0 aromatic carbocycles. The van der Waals surface area contributed by atoms with E-state index in [2.05, 4.69) is 21.8 Å². The predicted molar refractivity (Wildman–Crippen MR) is 62.1 cm³/mol. The summed E-state index contributed by atoms with van der Waals surface area (Å²) >= 11 is 5.68. The second-order valence-corrected chi connectivity index (χ2v) is 4.65. The van der Waals surface area contributed by atoms with E-state index < -0.39 is 0 Å². The highest BCUT2D eigenvalue weighted by Gasteiger charge is 2.33. The Balaban J connectivity index is 1.95. The summed E-state index contributed by atoms with van der Waals surface area (Å²) in [6.45, 7) is 3.34. The van der Waals surface area contributed by atoms with Crippen LogP contribution in [0.4, 0.5) is 5.95 Å². The number of rotatable bonds is 4. The lowest BCUT2D eigenvalue weighted by molar-refractivity contribution is 0.711. The number of aromatic nitrogens is 2. The van der Waals surface area contributed by atoms with E-state index in [0.717, 1.165) is 29.9 Å². The van der Waals surface area contributed by atoms with Crippen LogP contribution in [0.1, 0.15) is 18.9 Å². The maximum Gasteiger partial charge on any atom is 0.225 e. The molecular formula is C11H16ClN3. The monoisotopic (exact) mass is 225 g/mol. The van der Waals surface area contributed by atoms with E-state index in [0.29, 0.717) is 5.88 Å². The average Bonchev–Trinajstić information content (AvgIpc) is 2.94. The van der Waals surface area contributed by atoms with Crippen molar-refractivity contribution in [3.63, 3.8) is 0 Å². The summed E-state index contributed by atoms with van der Waals surface area (Å²) in [6.07, 6.45) is 4.93. The van der Waals surface area contributed by atoms with Crippen molar-refractivity contribution in [1.82, 2.24) is 9.97 Å². The maximum atomic E-state index is 5.68. The van der Waals surface area contributed by atoms with Gasteiger partial charge in [-0.3, -0.25) is 0 Å². The standard InChI is InChI=1S/C11H16ClN3/c1-8-3-10(8)7-15(2)11-13-5-9(4-12)6-14-11/h5-6,8,10H,3-4,7H2,1-2H3. The molecule has 0 saturated heterocycles. The zero-order chi connectivity index (χ0) is 10.8. The number of nitrogens with zero attached hydrogens (tertiary/aromatic N) is 3. The van der Waals surface area contributed by atoms with E-state index >= 15 is 0 Å². The average molecular weight is 226 g/mol. The molecule has 0 bridgehead atoms. The minimum Gasteiger partial charge on any atom is -0.344 e. The largest absolute Gasteiger partial charge is 0.344 e. The summed E-state index contributed by atoms with van der Waals surface area (Å²) in [5, 5.41) is 0. The Morgan fingerprint density at radius 1 is 1.47 bits per heavy atom. The van der Waals surface area contributed by atoms with Gasteiger partial charge in [-0.2, -0.15) is 0 Å². The molecule has 1 aliphatic rings. The number of halogens is 1. The van der Waals surface area contributed by atoms with Crippen LogP contribution in [0.2, 0.25) is 0 Å². The van der Waals surface area contributed by atoms with Crippen LogP contribution >= 0.6 is 11.6 Å². The molecule has 0 aliphatic heterocycles. The molecule has 82 valence electrons. The van der Waals surface area contributed by atoms with Gasteiger partial charge in [0, 0.05) is 31.5 Å². The van der Waals surface area contributed by atoms with Crippen LogP contribution < -0.4 is 4.90 Å². The lowest BCUT2D eigenvalue weighted by atomic mass is 10.3. The second-order valence-electron chi connectivity index (χ2n) is 4.38. The fraction of sp³-hybridized carbons (Fsp3) is 0.636. The smallest absolute Gasteiger partial charge is 0.225 e. The van der Waals surface area contributed by atoms with Crippen molar-refractivity contribution < 1.29 is 0 Å². The van der Waals surface area contributed by atoms with Gasteiger partial charge in [0.2, 0.25) is 5.95 Å². The van der Waals surface area contributed by atoms with Crippen LogP contribution in [0, 0.1) is 11.8 Å². The molecule has 0 amide bonds. The summed E-state index contributed by atoms with van der Waals surface area (Å²) < 4.78 is 0. The summed E-state index contributed by atoms with van der Waals surface area (Å²) in [5.41, 5.74) is 0.966. The normalized spacial score (nSPS) is 23.9. The molecule has 1 aromatic heterocycles. The third-order valence-corrected chi connectivity index (χ3v) is 3.28. The Morgan fingerprint density at radius 3 is 2.53 bits per heavy atom. The fourth-order valence-electron chi connectivity index (χ4n) is 1.70. The Labute approximate surface area is 95.5 Å². The molecule has 3 nitrogen and oxygen atoms in total. The molecule has 15 heavy (non-hydrogen) atoms. The molecule has 2 unspecified atom stereocenters. The van der Waals surface area contributed by atoms with Gasteiger partial charge in [-0.25, -0.2) is 9.97 Å². The van der Waals surface area contributed by atoms with Crippen molar-refractivity contribution in [3.8, 4) is 0 Å². The molecule has 1 heterocycles. The highest BCUT2D eigenvalue weighted by molar-refractivity contribution is 6.17. The van der Waals surface area contributed by atoms with E-state index in [1.165, 1.54) is 6.42 Å². The lowest BCUT2D eigenvalue weighted by Crippen LogP contribution is -2.22. The molecule has 1 fully saturated rings.